The van der Waals surface area contributed by atoms with Crippen LogP contribution in [0.4, 0.5) is 11.4 Å². The van der Waals surface area contributed by atoms with Gasteiger partial charge in [0.05, 0.1) is 5.56 Å². The molecule has 30 heavy (non-hydrogen) atoms. The minimum atomic E-state index is -0.452. The van der Waals surface area contributed by atoms with E-state index in [0.29, 0.717) is 11.3 Å². The maximum absolute atomic E-state index is 12.7. The second kappa shape index (κ2) is 9.33. The zero-order chi connectivity index (χ0) is 21.8. The van der Waals surface area contributed by atoms with Crippen LogP contribution in [0.25, 0.3) is 0 Å². The fourth-order valence-corrected chi connectivity index (χ4v) is 4.11. The van der Waals surface area contributed by atoms with Crippen LogP contribution in [0.15, 0.2) is 24.3 Å². The molecule has 0 aromatic heterocycles. The number of piperidine rings is 1. The average molecular weight is 409 g/mol. The summed E-state index contributed by atoms with van der Waals surface area (Å²) >= 11 is 0. The van der Waals surface area contributed by atoms with Crippen molar-refractivity contribution in [2.75, 3.05) is 29.9 Å². The highest BCUT2D eigenvalue weighted by atomic mass is 16.5. The molecule has 1 heterocycles. The molecule has 0 spiro atoms. The van der Waals surface area contributed by atoms with Gasteiger partial charge in [-0.1, -0.05) is 0 Å². The Kier molecular flexibility index (Phi) is 6.80. The van der Waals surface area contributed by atoms with Crippen LogP contribution in [0.1, 0.15) is 57.4 Å². The van der Waals surface area contributed by atoms with E-state index in [1.807, 2.05) is 52.0 Å². The van der Waals surface area contributed by atoms with Gasteiger partial charge in [0.1, 0.15) is 0 Å². The Morgan fingerprint density at radius 1 is 0.833 bits per heavy atom. The normalized spacial score (nSPS) is 13.8. The van der Waals surface area contributed by atoms with E-state index in [1.165, 1.54) is 30.5 Å². The van der Waals surface area contributed by atoms with E-state index in [2.05, 4.69) is 17.1 Å². The molecule has 0 aliphatic carbocycles. The smallest absolute Gasteiger partial charge is 0.339 e. The molecule has 0 atom stereocenters. The number of anilines is 2. The molecule has 0 bridgehead atoms. The first-order chi connectivity index (χ1) is 14.3. The van der Waals surface area contributed by atoms with Gasteiger partial charge >= 0.3 is 5.97 Å². The zero-order valence-electron chi connectivity index (χ0n) is 18.7. The van der Waals surface area contributed by atoms with E-state index in [9.17, 15) is 9.59 Å². The van der Waals surface area contributed by atoms with Crippen molar-refractivity contribution in [3.8, 4) is 0 Å². The topological polar surface area (TPSA) is 58.6 Å². The number of rotatable bonds is 5. The molecule has 1 saturated heterocycles. The van der Waals surface area contributed by atoms with Gasteiger partial charge in [-0.25, -0.2) is 4.79 Å². The summed E-state index contributed by atoms with van der Waals surface area (Å²) in [6.07, 6.45) is 3.75. The third-order valence-electron chi connectivity index (χ3n) is 6.41. The Morgan fingerprint density at radius 3 is 1.93 bits per heavy atom. The maximum Gasteiger partial charge on any atom is 0.339 e. The van der Waals surface area contributed by atoms with E-state index in [-0.39, 0.29) is 12.5 Å². The monoisotopic (exact) mass is 408 g/mol. The fraction of sp³-hybridized carbons (Fsp3) is 0.440. The number of amides is 1. The first-order valence-electron chi connectivity index (χ1n) is 10.7. The van der Waals surface area contributed by atoms with Gasteiger partial charge in [0.15, 0.2) is 6.61 Å². The van der Waals surface area contributed by atoms with Gasteiger partial charge in [-0.05, 0) is 106 Å². The predicted octanol–water partition coefficient (Wildman–Crippen LogP) is 5.01. The van der Waals surface area contributed by atoms with Crippen molar-refractivity contribution in [1.29, 1.82) is 0 Å². The summed E-state index contributed by atoms with van der Waals surface area (Å²) in [5, 5.41) is 2.81. The van der Waals surface area contributed by atoms with Gasteiger partial charge < -0.3 is 15.0 Å². The standard InChI is InChI=1S/C25H32N2O3/c1-16-17(2)19(4)24(20(5)18(16)3)25(29)30-15-23(28)26-21-9-11-22(12-10-21)27-13-7-6-8-14-27/h9-12H,6-8,13-15H2,1-5H3,(H,26,28). The zero-order valence-corrected chi connectivity index (χ0v) is 18.7. The van der Waals surface area contributed by atoms with Crippen molar-refractivity contribution in [2.24, 2.45) is 0 Å². The van der Waals surface area contributed by atoms with Gasteiger partial charge in [-0.3, -0.25) is 4.79 Å². The Morgan fingerprint density at radius 2 is 1.37 bits per heavy atom. The molecule has 3 rings (SSSR count). The summed E-state index contributed by atoms with van der Waals surface area (Å²) < 4.78 is 5.33. The van der Waals surface area contributed by atoms with E-state index in [0.717, 1.165) is 35.3 Å². The SMILES string of the molecule is Cc1c(C)c(C)c(C(=O)OCC(=O)Nc2ccc(N3CCCCC3)cc2)c(C)c1C. The number of nitrogens with zero attached hydrogens (tertiary/aromatic N) is 1. The van der Waals surface area contributed by atoms with Gasteiger partial charge in [0.25, 0.3) is 5.91 Å². The van der Waals surface area contributed by atoms with E-state index < -0.39 is 5.97 Å². The molecule has 2 aromatic carbocycles. The first-order valence-corrected chi connectivity index (χ1v) is 10.7. The summed E-state index contributed by atoms with van der Waals surface area (Å²) in [5.41, 5.74) is 7.62. The minimum absolute atomic E-state index is 0.308. The Bertz CT molecular complexity index is 913. The van der Waals surface area contributed by atoms with Crippen LogP contribution in [0.5, 0.6) is 0 Å². The highest BCUT2D eigenvalue weighted by Gasteiger charge is 2.20. The molecular formula is C25H32N2O3. The molecule has 1 aliphatic heterocycles. The molecule has 0 radical (unpaired) electrons. The molecule has 5 nitrogen and oxygen atoms in total. The molecule has 2 aromatic rings. The van der Waals surface area contributed by atoms with Crippen molar-refractivity contribution in [3.63, 3.8) is 0 Å². The van der Waals surface area contributed by atoms with E-state index >= 15 is 0 Å². The van der Waals surface area contributed by atoms with Crippen LogP contribution < -0.4 is 10.2 Å². The van der Waals surface area contributed by atoms with Crippen molar-refractivity contribution in [2.45, 2.75) is 53.9 Å². The number of carbonyl (C=O) groups excluding carboxylic acids is 2. The number of hydrogen-bond donors (Lipinski definition) is 1. The number of nitrogens with one attached hydrogen (secondary N) is 1. The summed E-state index contributed by atoms with van der Waals surface area (Å²) in [6.45, 7) is 11.8. The van der Waals surface area contributed by atoms with Crippen LogP contribution in [0.2, 0.25) is 0 Å². The lowest BCUT2D eigenvalue weighted by molar-refractivity contribution is -0.119. The summed E-state index contributed by atoms with van der Waals surface area (Å²) in [6, 6.07) is 7.84. The molecule has 5 heteroatoms. The molecule has 160 valence electrons. The largest absolute Gasteiger partial charge is 0.452 e. The van der Waals surface area contributed by atoms with Crippen LogP contribution in [0, 0.1) is 34.6 Å². The van der Waals surface area contributed by atoms with Gasteiger partial charge in [-0.15, -0.1) is 0 Å². The second-order valence-electron chi connectivity index (χ2n) is 8.22. The third-order valence-corrected chi connectivity index (χ3v) is 6.41. The van der Waals surface area contributed by atoms with Crippen LogP contribution in [-0.4, -0.2) is 31.6 Å². The molecule has 0 unspecified atom stereocenters. The molecule has 1 N–H and O–H groups in total. The lowest BCUT2D eigenvalue weighted by Gasteiger charge is -2.28. The van der Waals surface area contributed by atoms with Crippen LogP contribution >= 0.6 is 0 Å². The van der Waals surface area contributed by atoms with E-state index in [4.69, 9.17) is 4.74 Å². The number of esters is 1. The van der Waals surface area contributed by atoms with Gasteiger partial charge in [0.2, 0.25) is 0 Å². The highest BCUT2D eigenvalue weighted by molar-refractivity contribution is 5.97. The molecule has 1 aliphatic rings. The highest BCUT2D eigenvalue weighted by Crippen LogP contribution is 2.26. The minimum Gasteiger partial charge on any atom is -0.452 e. The Balaban J connectivity index is 1.59. The van der Waals surface area contributed by atoms with Crippen LogP contribution in [0.3, 0.4) is 0 Å². The van der Waals surface area contributed by atoms with Gasteiger partial charge in [-0.2, -0.15) is 0 Å². The number of hydrogen-bond acceptors (Lipinski definition) is 4. The molecule has 1 fully saturated rings. The molecular weight excluding hydrogens is 376 g/mol. The van der Waals surface area contributed by atoms with E-state index in [1.54, 1.807) is 0 Å². The Labute approximate surface area is 179 Å². The van der Waals surface area contributed by atoms with Crippen molar-refractivity contribution >= 4 is 23.3 Å². The lowest BCUT2D eigenvalue weighted by atomic mass is 9.90. The fourth-order valence-electron chi connectivity index (χ4n) is 4.11. The van der Waals surface area contributed by atoms with Crippen molar-refractivity contribution < 1.29 is 14.3 Å². The summed E-state index contributed by atoms with van der Waals surface area (Å²) in [4.78, 5) is 27.3. The molecule has 0 saturated carbocycles. The van der Waals surface area contributed by atoms with Crippen molar-refractivity contribution in [3.05, 3.63) is 57.6 Å². The predicted molar refractivity (Wildman–Crippen MR) is 122 cm³/mol. The van der Waals surface area contributed by atoms with Gasteiger partial charge in [0, 0.05) is 24.5 Å². The molecule has 1 amide bonds. The quantitative estimate of drug-likeness (QED) is 0.706. The second-order valence-corrected chi connectivity index (χ2v) is 8.22. The Hall–Kier alpha value is -2.82. The average Bonchev–Trinajstić information content (AvgIpc) is 2.76. The number of benzene rings is 2. The first kappa shape index (κ1) is 21.9. The summed E-state index contributed by atoms with van der Waals surface area (Å²) in [5.74, 6) is -0.795. The number of carbonyl (C=O) groups is 2. The third kappa shape index (κ3) is 4.66. The lowest BCUT2D eigenvalue weighted by Crippen LogP contribution is -2.29. The summed E-state index contributed by atoms with van der Waals surface area (Å²) in [7, 11) is 0. The number of ether oxygens (including phenoxy) is 1. The maximum atomic E-state index is 12.7. The van der Waals surface area contributed by atoms with Crippen LogP contribution in [-0.2, 0) is 9.53 Å². The van der Waals surface area contributed by atoms with Crippen molar-refractivity contribution in [1.82, 2.24) is 0 Å².